The van der Waals surface area contributed by atoms with Gasteiger partial charge in [-0.15, -0.1) is 0 Å². The van der Waals surface area contributed by atoms with Crippen molar-refractivity contribution in [1.29, 1.82) is 0 Å². The Morgan fingerprint density at radius 1 is 1.08 bits per heavy atom. The number of para-hydroxylation sites is 1. The summed E-state index contributed by atoms with van der Waals surface area (Å²) in [6.45, 7) is 0. The molecule has 0 bridgehead atoms. The summed E-state index contributed by atoms with van der Waals surface area (Å²) < 4.78 is 0. The summed E-state index contributed by atoms with van der Waals surface area (Å²) in [5.41, 5.74) is 1.22. The number of carboxylic acids is 1. The van der Waals surface area contributed by atoms with Crippen molar-refractivity contribution in [3.05, 3.63) is 60.2 Å². The van der Waals surface area contributed by atoms with Gasteiger partial charge in [-0.25, -0.2) is 9.59 Å². The molecule has 120 valence electrons. The molecule has 2 N–H and O–H groups in total. The second-order valence-electron chi connectivity index (χ2n) is 5.07. The number of hydrogen-bond donors (Lipinski definition) is 2. The number of anilines is 1. The van der Waals surface area contributed by atoms with Gasteiger partial charge in [-0.05, 0) is 36.4 Å². The zero-order chi connectivity index (χ0) is 17.1. The molecule has 1 aliphatic heterocycles. The smallest absolute Gasteiger partial charge is 0.335 e. The molecule has 7 nitrogen and oxygen atoms in total. The van der Waals surface area contributed by atoms with Gasteiger partial charge in [0.25, 0.3) is 5.91 Å². The number of amides is 3. The normalized spacial score (nSPS) is 17.3. The number of aliphatic imine (C=N–C) groups is 1. The zero-order valence-electron chi connectivity index (χ0n) is 12.4. The Kier molecular flexibility index (Phi) is 4.07. The molecule has 7 heteroatoms. The first-order valence-corrected chi connectivity index (χ1v) is 7.13. The second-order valence-corrected chi connectivity index (χ2v) is 5.07. The Morgan fingerprint density at radius 3 is 2.38 bits per heavy atom. The van der Waals surface area contributed by atoms with E-state index in [1.54, 1.807) is 24.3 Å². The number of nitrogens with one attached hydrogen (secondary N) is 1. The van der Waals surface area contributed by atoms with Crippen LogP contribution < -0.4 is 10.2 Å². The Hall–Kier alpha value is -3.48. The highest BCUT2D eigenvalue weighted by molar-refractivity contribution is 6.21. The number of nitrogens with zero attached hydrogens (tertiary/aromatic N) is 2. The molecule has 1 aliphatic rings. The summed E-state index contributed by atoms with van der Waals surface area (Å²) in [7, 11) is 0. The molecule has 24 heavy (non-hydrogen) atoms. The van der Waals surface area contributed by atoms with E-state index < -0.39 is 23.9 Å². The Bertz CT molecular complexity index is 815. The van der Waals surface area contributed by atoms with Gasteiger partial charge >= 0.3 is 12.0 Å². The Morgan fingerprint density at radius 2 is 1.75 bits per heavy atom. The van der Waals surface area contributed by atoms with Gasteiger partial charge in [0, 0.05) is 11.9 Å². The third-order valence-electron chi connectivity index (χ3n) is 3.51. The van der Waals surface area contributed by atoms with Crippen molar-refractivity contribution in [2.24, 2.45) is 4.99 Å². The fraction of sp³-hybridized carbons (Fsp3) is 0.0588. The highest BCUT2D eigenvalue weighted by Crippen LogP contribution is 2.21. The van der Waals surface area contributed by atoms with Crippen molar-refractivity contribution in [2.75, 3.05) is 4.90 Å². The number of hydrogen-bond acceptors (Lipinski definition) is 4. The van der Waals surface area contributed by atoms with Crippen LogP contribution in [-0.4, -0.2) is 35.3 Å². The molecular formula is C17H13N3O4. The van der Waals surface area contributed by atoms with Gasteiger partial charge in [-0.3, -0.25) is 20.0 Å². The largest absolute Gasteiger partial charge is 0.478 e. The van der Waals surface area contributed by atoms with Gasteiger partial charge in [0.1, 0.15) is 0 Å². The molecule has 1 saturated heterocycles. The summed E-state index contributed by atoms with van der Waals surface area (Å²) in [4.78, 5) is 40.3. The predicted octanol–water partition coefficient (Wildman–Crippen LogP) is 2.21. The monoisotopic (exact) mass is 323 g/mol. The Balaban J connectivity index is 1.85. The fourth-order valence-electron chi connectivity index (χ4n) is 2.33. The summed E-state index contributed by atoms with van der Waals surface area (Å²) >= 11 is 0. The first-order chi connectivity index (χ1) is 11.6. The van der Waals surface area contributed by atoms with E-state index in [1.165, 1.54) is 35.4 Å². The van der Waals surface area contributed by atoms with Crippen LogP contribution in [0.5, 0.6) is 0 Å². The number of benzene rings is 2. The highest BCUT2D eigenvalue weighted by atomic mass is 16.4. The summed E-state index contributed by atoms with van der Waals surface area (Å²) in [6.07, 6.45) is 1.36. The van der Waals surface area contributed by atoms with Gasteiger partial charge < -0.3 is 5.11 Å². The summed E-state index contributed by atoms with van der Waals surface area (Å²) in [6, 6.07) is 13.3. The van der Waals surface area contributed by atoms with E-state index >= 15 is 0 Å². The van der Waals surface area contributed by atoms with Crippen LogP contribution in [0.15, 0.2) is 59.6 Å². The lowest BCUT2D eigenvalue weighted by Crippen LogP contribution is -2.36. The molecule has 0 radical (unpaired) electrons. The maximum Gasteiger partial charge on any atom is 0.335 e. The average Bonchev–Trinajstić information content (AvgIpc) is 2.87. The molecule has 0 aliphatic carbocycles. The lowest BCUT2D eigenvalue weighted by atomic mass is 10.2. The van der Waals surface area contributed by atoms with Gasteiger partial charge in [0.05, 0.1) is 11.3 Å². The van der Waals surface area contributed by atoms with E-state index in [-0.39, 0.29) is 5.56 Å². The Labute approximate surface area is 137 Å². The van der Waals surface area contributed by atoms with Crippen molar-refractivity contribution in [1.82, 2.24) is 5.32 Å². The third kappa shape index (κ3) is 3.00. The minimum atomic E-state index is -1.03. The van der Waals surface area contributed by atoms with E-state index in [0.29, 0.717) is 11.4 Å². The molecular weight excluding hydrogens is 310 g/mol. The van der Waals surface area contributed by atoms with Gasteiger partial charge in [-0.1, -0.05) is 18.2 Å². The number of carbonyl (C=O) groups is 3. The molecule has 2 aromatic carbocycles. The number of imide groups is 1. The highest BCUT2D eigenvalue weighted by Gasteiger charge is 2.38. The lowest BCUT2D eigenvalue weighted by Gasteiger charge is -2.18. The maximum atomic E-state index is 12.0. The minimum absolute atomic E-state index is 0.147. The van der Waals surface area contributed by atoms with E-state index in [9.17, 15) is 14.4 Å². The fourth-order valence-corrected chi connectivity index (χ4v) is 2.33. The van der Waals surface area contributed by atoms with Crippen molar-refractivity contribution < 1.29 is 19.5 Å². The maximum absolute atomic E-state index is 12.0. The first-order valence-electron chi connectivity index (χ1n) is 7.13. The number of aromatic carboxylic acids is 1. The lowest BCUT2D eigenvalue weighted by molar-refractivity contribution is -0.118. The van der Waals surface area contributed by atoms with E-state index in [4.69, 9.17) is 5.11 Å². The summed E-state index contributed by atoms with van der Waals surface area (Å²) in [5, 5.41) is 11.1. The van der Waals surface area contributed by atoms with E-state index in [0.717, 1.165) is 0 Å². The van der Waals surface area contributed by atoms with E-state index in [1.807, 2.05) is 6.07 Å². The van der Waals surface area contributed by atoms with Crippen LogP contribution in [0.4, 0.5) is 16.2 Å². The van der Waals surface area contributed by atoms with Crippen LogP contribution in [0.3, 0.4) is 0 Å². The zero-order valence-corrected chi connectivity index (χ0v) is 12.4. The molecule has 1 heterocycles. The van der Waals surface area contributed by atoms with Crippen LogP contribution in [0.1, 0.15) is 10.4 Å². The van der Waals surface area contributed by atoms with Crippen molar-refractivity contribution in [2.45, 2.75) is 6.04 Å². The molecule has 2 aromatic rings. The molecule has 3 amide bonds. The molecule has 3 rings (SSSR count). The first kappa shape index (κ1) is 15.4. The van der Waals surface area contributed by atoms with Crippen LogP contribution in [-0.2, 0) is 4.79 Å². The number of carboxylic acid groups (broad SMARTS) is 1. The average molecular weight is 323 g/mol. The predicted molar refractivity (Wildman–Crippen MR) is 87.8 cm³/mol. The molecule has 0 aromatic heterocycles. The van der Waals surface area contributed by atoms with Gasteiger partial charge in [-0.2, -0.15) is 0 Å². The van der Waals surface area contributed by atoms with E-state index in [2.05, 4.69) is 10.3 Å². The van der Waals surface area contributed by atoms with Crippen LogP contribution in [0.25, 0.3) is 0 Å². The quantitative estimate of drug-likeness (QED) is 0.665. The topological polar surface area (TPSA) is 99.1 Å². The molecule has 0 saturated carbocycles. The molecule has 0 unspecified atom stereocenters. The second kappa shape index (κ2) is 6.33. The third-order valence-corrected chi connectivity index (χ3v) is 3.51. The van der Waals surface area contributed by atoms with Gasteiger partial charge in [0.15, 0.2) is 6.04 Å². The molecule has 1 atom stereocenters. The van der Waals surface area contributed by atoms with Crippen molar-refractivity contribution in [3.63, 3.8) is 0 Å². The van der Waals surface area contributed by atoms with Crippen molar-refractivity contribution >= 4 is 35.5 Å². The van der Waals surface area contributed by atoms with Crippen molar-refractivity contribution in [3.8, 4) is 0 Å². The number of carbonyl (C=O) groups excluding carboxylic acids is 2. The van der Waals surface area contributed by atoms with Crippen LogP contribution in [0.2, 0.25) is 0 Å². The standard InChI is InChI=1S/C17H13N3O4/c21-15-14(10-18-12-8-6-11(7-9-12)16(22)23)20(17(24)19-15)13-4-2-1-3-5-13/h1-10,14H,(H,22,23)(H,19,21,24)/t14-/m0/s1. The summed E-state index contributed by atoms with van der Waals surface area (Å²) in [5.74, 6) is -1.49. The molecule has 0 spiro atoms. The number of rotatable bonds is 4. The SMILES string of the molecule is O=C(O)c1ccc(N=C[C@H]2C(=O)NC(=O)N2c2ccccc2)cc1. The number of urea groups is 1. The molecule has 1 fully saturated rings. The van der Waals surface area contributed by atoms with Crippen LogP contribution >= 0.6 is 0 Å². The minimum Gasteiger partial charge on any atom is -0.478 e. The van der Waals surface area contributed by atoms with Gasteiger partial charge in [0.2, 0.25) is 0 Å². The van der Waals surface area contributed by atoms with Crippen LogP contribution in [0, 0.1) is 0 Å².